The highest BCUT2D eigenvalue weighted by atomic mass is 17.0. The second-order valence-electron chi connectivity index (χ2n) is 1.27. The third-order valence-electron chi connectivity index (χ3n) is 0.674. The summed E-state index contributed by atoms with van der Waals surface area (Å²) >= 11 is 0. The van der Waals surface area contributed by atoms with Gasteiger partial charge in [-0.1, -0.05) is 5.23 Å². The van der Waals surface area contributed by atoms with Gasteiger partial charge < -0.3 is 0 Å². The second kappa shape index (κ2) is 4.98. The lowest BCUT2D eigenvalue weighted by atomic mass is 10.9. The lowest BCUT2D eigenvalue weighted by Crippen LogP contribution is -2.37. The molecule has 10 heavy (non-hydrogen) atoms. The fraction of sp³-hybridized carbons (Fsp3) is 0.750. The number of carbonyl (C=O) groups is 1. The first-order chi connectivity index (χ1) is 4.76. The summed E-state index contributed by atoms with van der Waals surface area (Å²) in [5.74, 6) is 0. The predicted octanol–water partition coefficient (Wildman–Crippen LogP) is -0.0999. The number of carbonyl (C=O) groups excluding carboxylic acids is 1. The van der Waals surface area contributed by atoms with E-state index >= 15 is 0 Å². The average Bonchev–Trinajstić information content (AvgIpc) is 1.99. The van der Waals surface area contributed by atoms with Crippen LogP contribution < -0.4 is 5.48 Å². The molecule has 0 aromatic heterocycles. The van der Waals surface area contributed by atoms with E-state index in [1.807, 2.05) is 0 Å². The molecule has 0 aromatic carbocycles. The molecule has 0 aliphatic carbocycles. The zero-order valence-corrected chi connectivity index (χ0v) is 5.83. The normalized spacial score (nSPS) is 9.10. The minimum absolute atomic E-state index is 0.279. The first kappa shape index (κ1) is 9.15. The number of hydrogen-bond acceptors (Lipinski definition) is 4. The molecule has 0 heterocycles. The highest BCUT2D eigenvalue weighted by Gasteiger charge is 2.10. The van der Waals surface area contributed by atoms with Crippen LogP contribution in [0.3, 0.4) is 0 Å². The van der Waals surface area contributed by atoms with Crippen molar-refractivity contribution in [3.05, 3.63) is 0 Å². The molecule has 6 nitrogen and oxygen atoms in total. The standard InChI is InChI=1S/C4H10N2O4/c1-3-10-6(9-2)4(7)5-8/h8H,3H2,1-2H3,(H,5,7). The quantitative estimate of drug-likeness (QED) is 0.435. The minimum Gasteiger partial charge on any atom is -0.287 e. The van der Waals surface area contributed by atoms with E-state index in [-0.39, 0.29) is 6.61 Å². The van der Waals surface area contributed by atoms with Gasteiger partial charge in [-0.25, -0.2) is 19.9 Å². The maximum Gasteiger partial charge on any atom is 0.390 e. The SMILES string of the molecule is CCON(OC)C(=O)NO. The van der Waals surface area contributed by atoms with Crippen molar-refractivity contribution >= 4 is 6.03 Å². The van der Waals surface area contributed by atoms with Crippen LogP contribution in [0.5, 0.6) is 0 Å². The molecule has 0 fully saturated rings. The Morgan fingerprint density at radius 1 is 1.80 bits per heavy atom. The summed E-state index contributed by atoms with van der Waals surface area (Å²) in [4.78, 5) is 19.4. The van der Waals surface area contributed by atoms with Gasteiger partial charge in [-0.3, -0.25) is 5.21 Å². The third kappa shape index (κ3) is 2.62. The molecule has 0 aromatic rings. The van der Waals surface area contributed by atoms with Gasteiger partial charge in [0, 0.05) is 0 Å². The summed E-state index contributed by atoms with van der Waals surface area (Å²) in [6, 6.07) is -0.871. The van der Waals surface area contributed by atoms with Gasteiger partial charge in [0.15, 0.2) is 0 Å². The number of hydrogen-bond donors (Lipinski definition) is 2. The molecule has 0 unspecified atom stereocenters. The molecule has 2 amide bonds. The van der Waals surface area contributed by atoms with Crippen LogP contribution in [0, 0.1) is 0 Å². The molecule has 0 bridgehead atoms. The molecule has 0 saturated heterocycles. The van der Waals surface area contributed by atoms with E-state index in [2.05, 4.69) is 9.68 Å². The van der Waals surface area contributed by atoms with Crippen LogP contribution in [-0.4, -0.2) is 30.2 Å². The van der Waals surface area contributed by atoms with Crippen molar-refractivity contribution < 1.29 is 19.7 Å². The molecule has 0 atom stereocenters. The van der Waals surface area contributed by atoms with Gasteiger partial charge in [-0.15, -0.1) is 0 Å². The van der Waals surface area contributed by atoms with Gasteiger partial charge in [0.05, 0.1) is 13.7 Å². The first-order valence-electron chi connectivity index (χ1n) is 2.67. The summed E-state index contributed by atoms with van der Waals surface area (Å²) in [5.41, 5.74) is 1.34. The first-order valence-corrected chi connectivity index (χ1v) is 2.67. The maximum absolute atomic E-state index is 10.4. The van der Waals surface area contributed by atoms with Crippen molar-refractivity contribution in [2.45, 2.75) is 6.92 Å². The van der Waals surface area contributed by atoms with Crippen molar-refractivity contribution in [1.82, 2.24) is 10.7 Å². The van der Waals surface area contributed by atoms with E-state index < -0.39 is 6.03 Å². The van der Waals surface area contributed by atoms with Crippen molar-refractivity contribution in [2.24, 2.45) is 0 Å². The number of hydroxylamine groups is 3. The third-order valence-corrected chi connectivity index (χ3v) is 0.674. The number of urea groups is 1. The zero-order chi connectivity index (χ0) is 7.98. The van der Waals surface area contributed by atoms with Crippen LogP contribution in [0.1, 0.15) is 6.92 Å². The predicted molar refractivity (Wildman–Crippen MR) is 30.8 cm³/mol. The van der Waals surface area contributed by atoms with E-state index in [0.717, 1.165) is 0 Å². The van der Waals surface area contributed by atoms with Crippen molar-refractivity contribution in [3.63, 3.8) is 0 Å². The van der Waals surface area contributed by atoms with Gasteiger partial charge in [0.2, 0.25) is 0 Å². The summed E-state index contributed by atoms with van der Waals surface area (Å²) < 4.78 is 0. The molecule has 0 spiro atoms. The van der Waals surface area contributed by atoms with Crippen LogP contribution >= 0.6 is 0 Å². The molecular formula is C4H10N2O4. The molecule has 0 radical (unpaired) electrons. The zero-order valence-electron chi connectivity index (χ0n) is 5.83. The van der Waals surface area contributed by atoms with Crippen LogP contribution in [0.2, 0.25) is 0 Å². The summed E-state index contributed by atoms with van der Waals surface area (Å²) in [7, 11) is 1.24. The molecule has 2 N–H and O–H groups in total. The van der Waals surface area contributed by atoms with Crippen molar-refractivity contribution in [1.29, 1.82) is 0 Å². The maximum atomic E-state index is 10.4. The molecule has 6 heteroatoms. The van der Waals surface area contributed by atoms with E-state index in [4.69, 9.17) is 5.21 Å². The number of rotatable bonds is 3. The summed E-state index contributed by atoms with van der Waals surface area (Å²) in [6.07, 6.45) is 0. The molecule has 60 valence electrons. The van der Waals surface area contributed by atoms with Crippen LogP contribution in [0.15, 0.2) is 0 Å². The van der Waals surface area contributed by atoms with Gasteiger partial charge in [-0.05, 0) is 6.92 Å². The molecular weight excluding hydrogens is 140 g/mol. The molecule has 0 aliphatic rings. The highest BCUT2D eigenvalue weighted by molar-refractivity contribution is 5.70. The Morgan fingerprint density at radius 2 is 2.40 bits per heavy atom. The van der Waals surface area contributed by atoms with E-state index in [1.54, 1.807) is 6.92 Å². The van der Waals surface area contributed by atoms with Crippen molar-refractivity contribution in [2.75, 3.05) is 13.7 Å². The fourth-order valence-corrected chi connectivity index (χ4v) is 0.352. The molecule has 0 aliphatic heterocycles. The molecule has 0 saturated carbocycles. The Labute approximate surface area is 58.2 Å². The Morgan fingerprint density at radius 3 is 2.70 bits per heavy atom. The van der Waals surface area contributed by atoms with Crippen molar-refractivity contribution in [3.8, 4) is 0 Å². The topological polar surface area (TPSA) is 71.0 Å². The second-order valence-corrected chi connectivity index (χ2v) is 1.27. The fourth-order valence-electron chi connectivity index (χ4n) is 0.352. The Hall–Kier alpha value is -0.850. The van der Waals surface area contributed by atoms with Gasteiger partial charge in [-0.2, -0.15) is 0 Å². The number of nitrogens with zero attached hydrogens (tertiary/aromatic N) is 1. The Bertz CT molecular complexity index is 107. The highest BCUT2D eigenvalue weighted by Crippen LogP contribution is 1.89. The Kier molecular flexibility index (Phi) is 4.55. The van der Waals surface area contributed by atoms with E-state index in [0.29, 0.717) is 5.23 Å². The van der Waals surface area contributed by atoms with Crippen LogP contribution in [0.4, 0.5) is 4.79 Å². The monoisotopic (exact) mass is 150 g/mol. The van der Waals surface area contributed by atoms with Crippen LogP contribution in [-0.2, 0) is 9.68 Å². The van der Waals surface area contributed by atoms with Gasteiger partial charge >= 0.3 is 6.03 Å². The summed E-state index contributed by atoms with van der Waals surface area (Å²) in [6.45, 7) is 1.96. The lowest BCUT2D eigenvalue weighted by molar-refractivity contribution is -0.313. The van der Waals surface area contributed by atoms with Gasteiger partial charge in [0.25, 0.3) is 0 Å². The lowest BCUT2D eigenvalue weighted by Gasteiger charge is -2.15. The minimum atomic E-state index is -0.871. The van der Waals surface area contributed by atoms with E-state index in [9.17, 15) is 4.79 Å². The average molecular weight is 150 g/mol. The summed E-state index contributed by atoms with van der Waals surface area (Å²) in [5, 5.41) is 8.59. The largest absolute Gasteiger partial charge is 0.390 e. The Balaban J connectivity index is 3.68. The molecule has 0 rings (SSSR count). The smallest absolute Gasteiger partial charge is 0.287 e. The van der Waals surface area contributed by atoms with E-state index in [1.165, 1.54) is 12.6 Å². The number of nitrogens with one attached hydrogen (secondary N) is 1. The van der Waals surface area contributed by atoms with Crippen LogP contribution in [0.25, 0.3) is 0 Å². The number of amides is 2. The van der Waals surface area contributed by atoms with Gasteiger partial charge in [0.1, 0.15) is 0 Å².